The van der Waals surface area contributed by atoms with Gasteiger partial charge in [0.1, 0.15) is 5.82 Å². The standard InChI is InChI=1S/C23H21ClF3N.C3H4.C2H5NO.CH3F/c1-15(10-16-6-4-3-5-7-16)23(2,21-9-8-19(24)14-28-21)18-11-17(22(26)27)12-20(25)13-18;1-3-2;1-2(3)4;1-2/h3-9,11-15,22H,10H2,1-2H3;1H,2H3;1H3,(H2,3,4);1H3/t15?,23-;;;/m0.../s1. The molecule has 0 saturated carbocycles. The third-order valence-electron chi connectivity index (χ3n) is 5.40. The first-order chi connectivity index (χ1) is 17.4. The molecule has 0 saturated heterocycles. The summed E-state index contributed by atoms with van der Waals surface area (Å²) in [6.45, 7) is 6.90. The lowest BCUT2D eigenvalue weighted by molar-refractivity contribution is -0.115. The van der Waals surface area contributed by atoms with Gasteiger partial charge in [0.25, 0.3) is 6.43 Å². The fraction of sp³-hybridized carbons (Fsp3) is 0.310. The number of nitrogens with two attached hydrogens (primary N) is 1. The minimum Gasteiger partial charge on any atom is -0.370 e. The van der Waals surface area contributed by atoms with E-state index in [0.717, 1.165) is 11.6 Å². The first-order valence-electron chi connectivity index (χ1n) is 11.2. The number of rotatable bonds is 6. The normalized spacial score (nSPS) is 12.2. The van der Waals surface area contributed by atoms with Crippen LogP contribution in [0.25, 0.3) is 0 Å². The molecule has 0 aliphatic carbocycles. The number of primary amides is 1. The van der Waals surface area contributed by atoms with Crippen molar-refractivity contribution in [2.24, 2.45) is 11.7 Å². The van der Waals surface area contributed by atoms with E-state index in [-0.39, 0.29) is 17.4 Å². The van der Waals surface area contributed by atoms with Gasteiger partial charge >= 0.3 is 0 Å². The van der Waals surface area contributed by atoms with Crippen molar-refractivity contribution in [3.8, 4) is 12.3 Å². The number of terminal acetylenes is 1. The maximum Gasteiger partial charge on any atom is 0.263 e. The fourth-order valence-electron chi connectivity index (χ4n) is 3.58. The highest BCUT2D eigenvalue weighted by molar-refractivity contribution is 6.30. The molecule has 1 heterocycles. The molecule has 2 atom stereocenters. The number of aromatic nitrogens is 1. The van der Waals surface area contributed by atoms with Gasteiger partial charge in [-0.25, -0.2) is 13.2 Å². The van der Waals surface area contributed by atoms with E-state index in [1.807, 2.05) is 44.2 Å². The van der Waals surface area contributed by atoms with Crippen LogP contribution < -0.4 is 5.73 Å². The van der Waals surface area contributed by atoms with Gasteiger partial charge < -0.3 is 5.73 Å². The van der Waals surface area contributed by atoms with Gasteiger partial charge in [-0.05, 0) is 67.6 Å². The predicted molar refractivity (Wildman–Crippen MR) is 143 cm³/mol. The summed E-state index contributed by atoms with van der Waals surface area (Å²) < 4.78 is 50.4. The number of nitrogens with zero attached hydrogens (tertiary/aromatic N) is 1. The SMILES string of the molecule is C#CC.CC(Cc1ccccc1)[C@@](C)(c1cc(F)cc(C(F)F)c1)c1ccc(Cl)cn1.CC(N)=O.CF. The lowest BCUT2D eigenvalue weighted by atomic mass is 9.67. The van der Waals surface area contributed by atoms with Gasteiger partial charge in [-0.1, -0.05) is 48.9 Å². The van der Waals surface area contributed by atoms with Crippen molar-refractivity contribution in [2.45, 2.75) is 46.0 Å². The summed E-state index contributed by atoms with van der Waals surface area (Å²) in [5.41, 5.74) is 5.60. The first kappa shape index (κ1) is 33.6. The van der Waals surface area contributed by atoms with Gasteiger partial charge in [0.05, 0.1) is 17.9 Å². The Morgan fingerprint density at radius 1 is 1.14 bits per heavy atom. The smallest absolute Gasteiger partial charge is 0.263 e. The highest BCUT2D eigenvalue weighted by Crippen LogP contribution is 2.41. The minimum atomic E-state index is -2.75. The minimum absolute atomic E-state index is 0.0455. The number of alkyl halides is 3. The van der Waals surface area contributed by atoms with Crippen molar-refractivity contribution in [2.75, 3.05) is 7.18 Å². The van der Waals surface area contributed by atoms with E-state index in [9.17, 15) is 22.4 Å². The van der Waals surface area contributed by atoms with Crippen molar-refractivity contribution in [3.05, 3.63) is 100 Å². The Balaban J connectivity index is 0.00000126. The van der Waals surface area contributed by atoms with Crippen molar-refractivity contribution >= 4 is 17.5 Å². The molecule has 8 heteroatoms. The fourth-order valence-corrected chi connectivity index (χ4v) is 3.69. The number of hydrogen-bond donors (Lipinski definition) is 1. The number of pyridine rings is 1. The van der Waals surface area contributed by atoms with Crippen LogP contribution in [0.2, 0.25) is 5.02 Å². The molecular formula is C29H33ClF4N2O. The van der Waals surface area contributed by atoms with Gasteiger partial charge in [-0.15, -0.1) is 12.3 Å². The topological polar surface area (TPSA) is 56.0 Å². The Labute approximate surface area is 222 Å². The summed E-state index contributed by atoms with van der Waals surface area (Å²) in [6.07, 6.45) is 4.06. The van der Waals surface area contributed by atoms with E-state index in [1.54, 1.807) is 19.1 Å². The molecule has 200 valence electrons. The van der Waals surface area contributed by atoms with Crippen LogP contribution in [0.15, 0.2) is 66.9 Å². The lowest BCUT2D eigenvalue weighted by Crippen LogP contribution is -2.34. The summed E-state index contributed by atoms with van der Waals surface area (Å²) in [7, 11) is 0.500. The molecule has 0 fully saturated rings. The van der Waals surface area contributed by atoms with Gasteiger partial charge in [0.2, 0.25) is 5.91 Å². The molecule has 3 rings (SSSR count). The molecule has 3 aromatic rings. The Bertz CT molecular complexity index is 1120. The maximum absolute atomic E-state index is 14.2. The molecule has 2 N–H and O–H groups in total. The largest absolute Gasteiger partial charge is 0.370 e. The lowest BCUT2D eigenvalue weighted by Gasteiger charge is -2.36. The Hall–Kier alpha value is -3.37. The van der Waals surface area contributed by atoms with Crippen molar-refractivity contribution in [3.63, 3.8) is 0 Å². The van der Waals surface area contributed by atoms with Gasteiger partial charge in [0, 0.05) is 24.1 Å². The van der Waals surface area contributed by atoms with Crippen LogP contribution in [-0.2, 0) is 16.6 Å². The van der Waals surface area contributed by atoms with Crippen LogP contribution >= 0.6 is 11.6 Å². The molecule has 2 aromatic carbocycles. The maximum atomic E-state index is 14.2. The van der Waals surface area contributed by atoms with Crippen molar-refractivity contribution in [1.82, 2.24) is 4.98 Å². The average molecular weight is 537 g/mol. The van der Waals surface area contributed by atoms with Crippen LogP contribution in [0.5, 0.6) is 0 Å². The molecule has 0 spiro atoms. The van der Waals surface area contributed by atoms with Crippen LogP contribution in [-0.4, -0.2) is 18.1 Å². The molecule has 37 heavy (non-hydrogen) atoms. The number of carbonyl (C=O) groups is 1. The molecule has 0 radical (unpaired) electrons. The molecule has 1 aromatic heterocycles. The molecule has 0 aliphatic heterocycles. The van der Waals surface area contributed by atoms with Crippen LogP contribution in [0.3, 0.4) is 0 Å². The number of benzene rings is 2. The van der Waals surface area contributed by atoms with Crippen LogP contribution in [0.4, 0.5) is 17.6 Å². The van der Waals surface area contributed by atoms with E-state index in [2.05, 4.69) is 23.1 Å². The number of halogens is 5. The summed E-state index contributed by atoms with van der Waals surface area (Å²) in [6, 6.07) is 17.0. The van der Waals surface area contributed by atoms with Crippen molar-refractivity contribution in [1.29, 1.82) is 0 Å². The first-order valence-corrected chi connectivity index (χ1v) is 11.6. The van der Waals surface area contributed by atoms with Crippen molar-refractivity contribution < 1.29 is 22.4 Å². The highest BCUT2D eigenvalue weighted by Gasteiger charge is 2.37. The third-order valence-corrected chi connectivity index (χ3v) is 5.63. The zero-order chi connectivity index (χ0) is 28.6. The molecular weight excluding hydrogens is 504 g/mol. The van der Waals surface area contributed by atoms with E-state index in [0.29, 0.717) is 29.9 Å². The summed E-state index contributed by atoms with van der Waals surface area (Å²) in [5, 5.41) is 0.481. The van der Waals surface area contributed by atoms with E-state index in [1.165, 1.54) is 25.3 Å². The zero-order valence-corrected chi connectivity index (χ0v) is 22.4. The summed E-state index contributed by atoms with van der Waals surface area (Å²) >= 11 is 5.99. The summed E-state index contributed by atoms with van der Waals surface area (Å²) in [5.74, 6) is 1.19. The Morgan fingerprint density at radius 2 is 1.68 bits per heavy atom. The second-order valence-corrected chi connectivity index (χ2v) is 8.56. The molecule has 0 aliphatic rings. The number of hydrogen-bond acceptors (Lipinski definition) is 2. The number of amides is 1. The van der Waals surface area contributed by atoms with E-state index >= 15 is 0 Å². The van der Waals surface area contributed by atoms with E-state index < -0.39 is 17.7 Å². The number of carbonyl (C=O) groups excluding carboxylic acids is 1. The van der Waals surface area contributed by atoms with Crippen LogP contribution in [0.1, 0.15) is 56.5 Å². The van der Waals surface area contributed by atoms with E-state index in [4.69, 9.17) is 11.6 Å². The Kier molecular flexibility index (Phi) is 15.6. The third kappa shape index (κ3) is 11.1. The van der Waals surface area contributed by atoms with Crippen LogP contribution in [0, 0.1) is 24.1 Å². The average Bonchev–Trinajstić information content (AvgIpc) is 2.85. The molecule has 3 nitrogen and oxygen atoms in total. The van der Waals surface area contributed by atoms with Gasteiger partial charge in [-0.3, -0.25) is 14.2 Å². The second-order valence-electron chi connectivity index (χ2n) is 8.13. The molecule has 1 amide bonds. The summed E-state index contributed by atoms with van der Waals surface area (Å²) in [4.78, 5) is 13.7. The van der Waals surface area contributed by atoms with Gasteiger partial charge in [0.15, 0.2) is 0 Å². The predicted octanol–water partition coefficient (Wildman–Crippen LogP) is 7.71. The molecule has 0 bridgehead atoms. The quantitative estimate of drug-likeness (QED) is 0.259. The Morgan fingerprint density at radius 3 is 2.14 bits per heavy atom. The van der Waals surface area contributed by atoms with Gasteiger partial charge in [-0.2, -0.15) is 0 Å². The highest BCUT2D eigenvalue weighted by atomic mass is 35.5. The molecule has 1 unspecified atom stereocenters. The zero-order valence-electron chi connectivity index (χ0n) is 21.6. The monoisotopic (exact) mass is 536 g/mol. The second kappa shape index (κ2) is 17.1.